The Kier molecular flexibility index (Phi) is 6.43. The molecule has 7 aromatic carbocycles. The van der Waals surface area contributed by atoms with E-state index in [2.05, 4.69) is 121 Å². The molecule has 0 saturated heterocycles. The number of fused-ring (bicyclic) bond motifs is 4. The van der Waals surface area contributed by atoms with Crippen molar-refractivity contribution in [3.8, 4) is 56.4 Å². The van der Waals surface area contributed by atoms with Gasteiger partial charge < -0.3 is 4.42 Å². The van der Waals surface area contributed by atoms with E-state index in [1.165, 1.54) is 5.39 Å². The van der Waals surface area contributed by atoms with Crippen molar-refractivity contribution >= 4 is 32.7 Å². The standard InChI is InChI=1S/C43H27N3O/c1-3-12-28(13-4-1)33-25-34(29-14-5-2-6-15-29)27-35(26-33)42-44-41(32-23-22-30-16-7-8-17-31(30)24-32)45-43(46-42)37-19-11-21-39-40(37)36-18-9-10-20-38(36)47-39/h1-27H. The van der Waals surface area contributed by atoms with E-state index in [1.54, 1.807) is 0 Å². The molecule has 0 aliphatic carbocycles. The Hall–Kier alpha value is -6.39. The van der Waals surface area contributed by atoms with Gasteiger partial charge in [-0.05, 0) is 69.4 Å². The highest BCUT2D eigenvalue weighted by Crippen LogP contribution is 2.38. The summed E-state index contributed by atoms with van der Waals surface area (Å²) in [5, 5.41) is 4.33. The first-order chi connectivity index (χ1) is 23.3. The van der Waals surface area contributed by atoms with Crippen molar-refractivity contribution in [1.82, 2.24) is 15.0 Å². The quantitative estimate of drug-likeness (QED) is 0.197. The van der Waals surface area contributed by atoms with Gasteiger partial charge in [-0.15, -0.1) is 0 Å². The van der Waals surface area contributed by atoms with Crippen molar-refractivity contribution in [2.24, 2.45) is 0 Å². The van der Waals surface area contributed by atoms with E-state index < -0.39 is 0 Å². The Morgan fingerprint density at radius 3 is 1.66 bits per heavy atom. The van der Waals surface area contributed by atoms with Crippen LogP contribution >= 0.6 is 0 Å². The predicted octanol–water partition coefficient (Wildman–Crippen LogP) is 11.3. The summed E-state index contributed by atoms with van der Waals surface area (Å²) in [4.78, 5) is 15.5. The van der Waals surface area contributed by atoms with Gasteiger partial charge in [-0.1, -0.05) is 127 Å². The van der Waals surface area contributed by atoms with E-state index in [0.717, 1.165) is 66.3 Å². The van der Waals surface area contributed by atoms with Gasteiger partial charge in [0.2, 0.25) is 0 Å². The first kappa shape index (κ1) is 27.0. The molecule has 9 rings (SSSR count). The molecule has 0 amide bonds. The third-order valence-corrected chi connectivity index (χ3v) is 8.69. The summed E-state index contributed by atoms with van der Waals surface area (Å²) < 4.78 is 6.25. The Morgan fingerprint density at radius 2 is 0.915 bits per heavy atom. The summed E-state index contributed by atoms with van der Waals surface area (Å²) in [6, 6.07) is 56.4. The summed E-state index contributed by atoms with van der Waals surface area (Å²) in [5.74, 6) is 1.83. The molecule has 0 aliphatic rings. The molecule has 2 aromatic heterocycles. The van der Waals surface area contributed by atoms with Crippen molar-refractivity contribution in [1.29, 1.82) is 0 Å². The minimum absolute atomic E-state index is 0.599. The van der Waals surface area contributed by atoms with Gasteiger partial charge >= 0.3 is 0 Å². The molecule has 0 aliphatic heterocycles. The average molecular weight is 602 g/mol. The lowest BCUT2D eigenvalue weighted by atomic mass is 9.96. The molecule has 0 N–H and O–H groups in total. The molecule has 2 heterocycles. The smallest absolute Gasteiger partial charge is 0.164 e. The minimum atomic E-state index is 0.599. The maximum absolute atomic E-state index is 6.25. The molecule has 0 unspecified atom stereocenters. The summed E-state index contributed by atoms with van der Waals surface area (Å²) in [5.41, 5.74) is 8.84. The third-order valence-electron chi connectivity index (χ3n) is 8.69. The highest BCUT2D eigenvalue weighted by atomic mass is 16.3. The topological polar surface area (TPSA) is 51.8 Å². The maximum atomic E-state index is 6.25. The number of nitrogens with zero attached hydrogens (tertiary/aromatic N) is 3. The lowest BCUT2D eigenvalue weighted by Gasteiger charge is -2.13. The van der Waals surface area contributed by atoms with Gasteiger partial charge in [0.25, 0.3) is 0 Å². The van der Waals surface area contributed by atoms with Crippen molar-refractivity contribution in [3.05, 3.63) is 164 Å². The Balaban J connectivity index is 1.32. The molecule has 4 heteroatoms. The zero-order chi connectivity index (χ0) is 31.2. The van der Waals surface area contributed by atoms with Gasteiger partial charge in [-0.3, -0.25) is 0 Å². The molecule has 0 fully saturated rings. The van der Waals surface area contributed by atoms with Crippen molar-refractivity contribution in [3.63, 3.8) is 0 Å². The molecule has 0 atom stereocenters. The normalized spacial score (nSPS) is 11.4. The van der Waals surface area contributed by atoms with Gasteiger partial charge in [0.15, 0.2) is 17.5 Å². The lowest BCUT2D eigenvalue weighted by molar-refractivity contribution is 0.669. The Labute approximate surface area is 271 Å². The Morgan fingerprint density at radius 1 is 0.340 bits per heavy atom. The highest BCUT2D eigenvalue weighted by molar-refractivity contribution is 6.11. The van der Waals surface area contributed by atoms with Crippen LogP contribution in [0.5, 0.6) is 0 Å². The average Bonchev–Trinajstić information content (AvgIpc) is 3.54. The molecule has 0 spiro atoms. The van der Waals surface area contributed by atoms with Crippen molar-refractivity contribution < 1.29 is 4.42 Å². The van der Waals surface area contributed by atoms with E-state index in [0.29, 0.717) is 17.5 Å². The number of para-hydroxylation sites is 1. The summed E-state index contributed by atoms with van der Waals surface area (Å²) in [6.45, 7) is 0. The molecular weight excluding hydrogens is 574 g/mol. The number of furan rings is 1. The second-order valence-electron chi connectivity index (χ2n) is 11.7. The lowest BCUT2D eigenvalue weighted by Crippen LogP contribution is -2.01. The number of rotatable bonds is 5. The van der Waals surface area contributed by atoms with E-state index in [4.69, 9.17) is 19.4 Å². The van der Waals surface area contributed by atoms with Crippen LogP contribution in [0.3, 0.4) is 0 Å². The monoisotopic (exact) mass is 601 g/mol. The zero-order valence-corrected chi connectivity index (χ0v) is 25.3. The van der Waals surface area contributed by atoms with Crippen LogP contribution in [0.25, 0.3) is 89.1 Å². The van der Waals surface area contributed by atoms with E-state index >= 15 is 0 Å². The molecule has 0 bridgehead atoms. The molecule has 9 aromatic rings. The van der Waals surface area contributed by atoms with E-state index in [1.807, 2.05) is 42.5 Å². The van der Waals surface area contributed by atoms with Crippen molar-refractivity contribution in [2.45, 2.75) is 0 Å². The minimum Gasteiger partial charge on any atom is -0.456 e. The number of benzene rings is 7. The summed E-state index contributed by atoms with van der Waals surface area (Å²) >= 11 is 0. The van der Waals surface area contributed by atoms with E-state index in [-0.39, 0.29) is 0 Å². The second-order valence-corrected chi connectivity index (χ2v) is 11.7. The first-order valence-electron chi connectivity index (χ1n) is 15.7. The van der Waals surface area contributed by atoms with Crippen LogP contribution in [0.15, 0.2) is 168 Å². The molecular formula is C43H27N3O. The van der Waals surface area contributed by atoms with Gasteiger partial charge in [-0.25, -0.2) is 15.0 Å². The number of hydrogen-bond donors (Lipinski definition) is 0. The summed E-state index contributed by atoms with van der Waals surface area (Å²) in [6.07, 6.45) is 0. The second kappa shape index (κ2) is 11.2. The van der Waals surface area contributed by atoms with Crippen molar-refractivity contribution in [2.75, 3.05) is 0 Å². The van der Waals surface area contributed by atoms with Crippen LogP contribution in [0.2, 0.25) is 0 Å². The van der Waals surface area contributed by atoms with E-state index in [9.17, 15) is 0 Å². The van der Waals surface area contributed by atoms with Crippen LogP contribution in [0, 0.1) is 0 Å². The fraction of sp³-hybridized carbons (Fsp3) is 0. The van der Waals surface area contributed by atoms with Crippen LogP contribution in [0.4, 0.5) is 0 Å². The van der Waals surface area contributed by atoms with Crippen LogP contribution in [0.1, 0.15) is 0 Å². The fourth-order valence-corrected chi connectivity index (χ4v) is 6.40. The largest absolute Gasteiger partial charge is 0.456 e. The number of aromatic nitrogens is 3. The van der Waals surface area contributed by atoms with Crippen LogP contribution < -0.4 is 0 Å². The van der Waals surface area contributed by atoms with Crippen LogP contribution in [-0.2, 0) is 0 Å². The SMILES string of the molecule is c1ccc(-c2cc(-c3ccccc3)cc(-c3nc(-c4ccc5ccccc5c4)nc(-c4cccc5oc6ccccc6c45)n3)c2)cc1. The molecule has 220 valence electrons. The van der Waals surface area contributed by atoms with Gasteiger partial charge in [0.1, 0.15) is 11.2 Å². The maximum Gasteiger partial charge on any atom is 0.164 e. The Bertz CT molecular complexity index is 2510. The predicted molar refractivity (Wildman–Crippen MR) is 192 cm³/mol. The fourth-order valence-electron chi connectivity index (χ4n) is 6.40. The summed E-state index contributed by atoms with van der Waals surface area (Å²) in [7, 11) is 0. The molecule has 4 nitrogen and oxygen atoms in total. The van der Waals surface area contributed by atoms with Crippen LogP contribution in [-0.4, -0.2) is 15.0 Å². The molecule has 0 radical (unpaired) electrons. The molecule has 47 heavy (non-hydrogen) atoms. The molecule has 0 saturated carbocycles. The van der Waals surface area contributed by atoms with Gasteiger partial charge in [0.05, 0.1) is 0 Å². The first-order valence-corrected chi connectivity index (χ1v) is 15.7. The van der Waals surface area contributed by atoms with Gasteiger partial charge in [-0.2, -0.15) is 0 Å². The third kappa shape index (κ3) is 4.93. The zero-order valence-electron chi connectivity index (χ0n) is 25.3. The highest BCUT2D eigenvalue weighted by Gasteiger charge is 2.19. The number of hydrogen-bond acceptors (Lipinski definition) is 4. The van der Waals surface area contributed by atoms with Gasteiger partial charge in [0, 0.05) is 27.5 Å².